The molecule has 7 heteroatoms. The Kier molecular flexibility index (Phi) is 4.48. The number of nitro groups is 1. The van der Waals surface area contributed by atoms with Crippen molar-refractivity contribution in [3.63, 3.8) is 0 Å². The maximum absolute atomic E-state index is 10.9. The molecule has 0 amide bonds. The van der Waals surface area contributed by atoms with Gasteiger partial charge >= 0.3 is 5.69 Å². The molecule has 1 N–H and O–H groups in total. The summed E-state index contributed by atoms with van der Waals surface area (Å²) in [4.78, 5) is 18.3. The summed E-state index contributed by atoms with van der Waals surface area (Å²) in [6.07, 6.45) is 5.52. The smallest absolute Gasteiger partial charge is 0.349 e. The molecule has 0 unspecified atom stereocenters. The van der Waals surface area contributed by atoms with Gasteiger partial charge in [-0.3, -0.25) is 10.1 Å². The van der Waals surface area contributed by atoms with E-state index in [1.165, 1.54) is 19.0 Å². The first kappa shape index (κ1) is 13.5. The van der Waals surface area contributed by atoms with Gasteiger partial charge in [0.15, 0.2) is 0 Å². The van der Waals surface area contributed by atoms with Gasteiger partial charge in [0.2, 0.25) is 5.95 Å². The van der Waals surface area contributed by atoms with Crippen molar-refractivity contribution in [2.24, 2.45) is 5.92 Å². The van der Waals surface area contributed by atoms with E-state index in [1.807, 2.05) is 6.92 Å². The van der Waals surface area contributed by atoms with Crippen molar-refractivity contribution in [3.8, 4) is 5.88 Å². The molecule has 19 heavy (non-hydrogen) atoms. The highest BCUT2D eigenvalue weighted by Gasteiger charge is 2.23. The Labute approximate surface area is 111 Å². The summed E-state index contributed by atoms with van der Waals surface area (Å²) < 4.78 is 5.44. The number of nitrogens with one attached hydrogen (secondary N) is 1. The summed E-state index contributed by atoms with van der Waals surface area (Å²) in [6, 6.07) is 0. The van der Waals surface area contributed by atoms with Crippen molar-refractivity contribution in [2.75, 3.05) is 18.5 Å². The summed E-state index contributed by atoms with van der Waals surface area (Å²) in [5.41, 5.74) is -0.183. The zero-order valence-corrected chi connectivity index (χ0v) is 11.0. The van der Waals surface area contributed by atoms with Crippen LogP contribution in [-0.2, 0) is 0 Å². The van der Waals surface area contributed by atoms with E-state index >= 15 is 0 Å². The zero-order valence-electron chi connectivity index (χ0n) is 11.0. The lowest BCUT2D eigenvalue weighted by atomic mass is 10.3. The molecule has 0 radical (unpaired) electrons. The highest BCUT2D eigenvalue weighted by atomic mass is 16.6. The first-order valence-corrected chi connectivity index (χ1v) is 6.58. The minimum absolute atomic E-state index is 0.0549. The molecular weight excluding hydrogens is 248 g/mol. The van der Waals surface area contributed by atoms with Crippen LogP contribution in [0.1, 0.15) is 32.6 Å². The first-order chi connectivity index (χ1) is 9.20. The monoisotopic (exact) mass is 266 g/mol. The van der Waals surface area contributed by atoms with Gasteiger partial charge in [0, 0.05) is 6.54 Å². The molecule has 104 valence electrons. The molecule has 1 aliphatic rings. The van der Waals surface area contributed by atoms with Gasteiger partial charge in [-0.25, -0.2) is 4.98 Å². The van der Waals surface area contributed by atoms with Crippen LogP contribution in [-0.4, -0.2) is 28.0 Å². The van der Waals surface area contributed by atoms with Gasteiger partial charge in [-0.05, 0) is 18.8 Å². The highest BCUT2D eigenvalue weighted by Crippen LogP contribution is 2.33. The summed E-state index contributed by atoms with van der Waals surface area (Å²) in [6.45, 7) is 3.21. The van der Waals surface area contributed by atoms with Crippen LogP contribution in [0.2, 0.25) is 0 Å². The van der Waals surface area contributed by atoms with Crippen molar-refractivity contribution in [1.82, 2.24) is 9.97 Å². The van der Waals surface area contributed by atoms with Gasteiger partial charge < -0.3 is 10.1 Å². The van der Waals surface area contributed by atoms with Crippen LogP contribution in [0.25, 0.3) is 0 Å². The Morgan fingerprint density at radius 2 is 2.37 bits per heavy atom. The van der Waals surface area contributed by atoms with Crippen molar-refractivity contribution < 1.29 is 9.66 Å². The molecule has 1 heterocycles. The number of hydrogen-bond donors (Lipinski definition) is 1. The molecule has 2 rings (SSSR count). The predicted molar refractivity (Wildman–Crippen MR) is 70.3 cm³/mol. The summed E-state index contributed by atoms with van der Waals surface area (Å²) in [5.74, 6) is 1.15. The average Bonchev–Trinajstić information content (AvgIpc) is 3.20. The van der Waals surface area contributed by atoms with Crippen LogP contribution in [0.3, 0.4) is 0 Å². The second-order valence-corrected chi connectivity index (χ2v) is 4.65. The Morgan fingerprint density at radius 3 is 3.00 bits per heavy atom. The first-order valence-electron chi connectivity index (χ1n) is 6.58. The number of rotatable bonds is 8. The van der Waals surface area contributed by atoms with E-state index in [2.05, 4.69) is 15.3 Å². The fourth-order valence-electron chi connectivity index (χ4n) is 1.64. The fourth-order valence-corrected chi connectivity index (χ4v) is 1.64. The molecule has 7 nitrogen and oxygen atoms in total. The van der Waals surface area contributed by atoms with Crippen molar-refractivity contribution in [2.45, 2.75) is 32.6 Å². The Balaban J connectivity index is 2.02. The van der Waals surface area contributed by atoms with Gasteiger partial charge in [-0.1, -0.05) is 19.8 Å². The van der Waals surface area contributed by atoms with Gasteiger partial charge in [0.05, 0.1) is 11.5 Å². The van der Waals surface area contributed by atoms with Crippen LogP contribution >= 0.6 is 0 Å². The Morgan fingerprint density at radius 1 is 1.58 bits per heavy atom. The number of aromatic nitrogens is 2. The maximum atomic E-state index is 10.9. The molecule has 0 aromatic carbocycles. The average molecular weight is 266 g/mol. The molecule has 0 spiro atoms. The normalized spacial score (nSPS) is 14.2. The SMILES string of the molecule is CCCNc1ncc([N+](=O)[O-])c(OCCC2CC2)n1. The predicted octanol–water partition coefficient (Wildman–Crippen LogP) is 2.39. The van der Waals surface area contributed by atoms with E-state index in [-0.39, 0.29) is 11.6 Å². The summed E-state index contributed by atoms with van der Waals surface area (Å²) in [7, 11) is 0. The highest BCUT2D eigenvalue weighted by molar-refractivity contribution is 5.43. The molecule has 1 aliphatic carbocycles. The second kappa shape index (κ2) is 6.31. The van der Waals surface area contributed by atoms with Crippen LogP contribution < -0.4 is 10.1 Å². The van der Waals surface area contributed by atoms with E-state index in [1.54, 1.807) is 0 Å². The Hall–Kier alpha value is -1.92. The lowest BCUT2D eigenvalue weighted by molar-refractivity contribution is -0.386. The molecule has 0 aliphatic heterocycles. The summed E-state index contributed by atoms with van der Waals surface area (Å²) >= 11 is 0. The third-order valence-corrected chi connectivity index (χ3v) is 2.93. The van der Waals surface area contributed by atoms with E-state index < -0.39 is 4.92 Å². The number of anilines is 1. The van der Waals surface area contributed by atoms with E-state index in [0.717, 1.165) is 25.3 Å². The molecule has 0 atom stereocenters. The number of nitrogens with zero attached hydrogens (tertiary/aromatic N) is 3. The van der Waals surface area contributed by atoms with Gasteiger partial charge in [0.25, 0.3) is 5.88 Å². The fraction of sp³-hybridized carbons (Fsp3) is 0.667. The number of ether oxygens (including phenoxy) is 1. The number of hydrogen-bond acceptors (Lipinski definition) is 6. The lowest BCUT2D eigenvalue weighted by Gasteiger charge is -2.07. The third kappa shape index (κ3) is 4.04. The minimum Gasteiger partial charge on any atom is -0.473 e. The molecule has 1 saturated carbocycles. The maximum Gasteiger partial charge on any atom is 0.349 e. The zero-order chi connectivity index (χ0) is 13.7. The topological polar surface area (TPSA) is 90.2 Å². The van der Waals surface area contributed by atoms with Gasteiger partial charge in [0.1, 0.15) is 6.20 Å². The molecule has 0 saturated heterocycles. The van der Waals surface area contributed by atoms with Crippen LogP contribution in [0, 0.1) is 16.0 Å². The minimum atomic E-state index is -0.518. The van der Waals surface area contributed by atoms with Crippen molar-refractivity contribution in [3.05, 3.63) is 16.3 Å². The summed E-state index contributed by atoms with van der Waals surface area (Å²) in [5, 5.41) is 13.9. The standard InChI is InChI=1S/C12H18N4O3/c1-2-6-13-12-14-8-10(16(17)18)11(15-12)19-7-5-9-3-4-9/h8-9H,2-7H2,1H3,(H,13,14,15). The molecule has 1 aromatic rings. The van der Waals surface area contributed by atoms with Crippen molar-refractivity contribution >= 4 is 11.6 Å². The van der Waals surface area contributed by atoms with Gasteiger partial charge in [-0.2, -0.15) is 4.98 Å². The second-order valence-electron chi connectivity index (χ2n) is 4.65. The molecular formula is C12H18N4O3. The van der Waals surface area contributed by atoms with E-state index in [0.29, 0.717) is 12.6 Å². The molecule has 1 fully saturated rings. The van der Waals surface area contributed by atoms with Crippen LogP contribution in [0.5, 0.6) is 5.88 Å². The van der Waals surface area contributed by atoms with Crippen LogP contribution in [0.4, 0.5) is 11.6 Å². The van der Waals surface area contributed by atoms with Crippen molar-refractivity contribution in [1.29, 1.82) is 0 Å². The largest absolute Gasteiger partial charge is 0.473 e. The van der Waals surface area contributed by atoms with Gasteiger partial charge in [-0.15, -0.1) is 0 Å². The molecule has 1 aromatic heterocycles. The quantitative estimate of drug-likeness (QED) is 0.574. The molecule has 0 bridgehead atoms. The Bertz CT molecular complexity index is 449. The van der Waals surface area contributed by atoms with E-state index in [9.17, 15) is 10.1 Å². The third-order valence-electron chi connectivity index (χ3n) is 2.93. The van der Waals surface area contributed by atoms with Crippen LogP contribution in [0.15, 0.2) is 6.20 Å². The lowest BCUT2D eigenvalue weighted by Crippen LogP contribution is -2.08. The van der Waals surface area contributed by atoms with E-state index in [4.69, 9.17) is 4.74 Å².